The van der Waals surface area contributed by atoms with Crippen LogP contribution in [0.4, 0.5) is 34.1 Å². The molecule has 0 fully saturated rings. The fourth-order valence-corrected chi connectivity index (χ4v) is 12.9. The Balaban J connectivity index is 0.936. The number of thiophene rings is 2. The Morgan fingerprint density at radius 1 is 0.279 bits per heavy atom. The van der Waals surface area contributed by atoms with Crippen molar-refractivity contribution in [2.24, 2.45) is 0 Å². The molecule has 10 aromatic carbocycles. The van der Waals surface area contributed by atoms with Crippen LogP contribution in [0.15, 0.2) is 216 Å². The Hall–Kier alpha value is -6.89. The number of nitrogens with zero attached hydrogens (tertiary/aromatic N) is 2. The van der Waals surface area contributed by atoms with Gasteiger partial charge in [0.25, 0.3) is 0 Å². The Bertz CT molecular complexity index is 3700. The van der Waals surface area contributed by atoms with Gasteiger partial charge in [-0.1, -0.05) is 121 Å². The number of hydrogen-bond acceptors (Lipinski definition) is 5. The van der Waals surface area contributed by atoms with Crippen LogP contribution in [0.5, 0.6) is 0 Å². The molecule has 0 spiro atoms. The van der Waals surface area contributed by atoms with Crippen LogP contribution < -0.4 is 9.80 Å². The minimum absolute atomic E-state index is 1.14. The number of rotatable bonds is 6. The van der Waals surface area contributed by atoms with Gasteiger partial charge >= 0.3 is 0 Å². The van der Waals surface area contributed by atoms with Gasteiger partial charge < -0.3 is 9.80 Å². The van der Waals surface area contributed by atoms with Crippen LogP contribution in [0.2, 0.25) is 0 Å². The predicted molar refractivity (Wildman–Crippen MR) is 266 cm³/mol. The number of hydrogen-bond donors (Lipinski definition) is 0. The van der Waals surface area contributed by atoms with Gasteiger partial charge in [-0.2, -0.15) is 0 Å². The average molecular weight is 831 g/mol. The van der Waals surface area contributed by atoms with E-state index in [1.165, 1.54) is 82.8 Å². The Morgan fingerprint density at radius 3 is 1.43 bits per heavy atom. The molecule has 0 atom stereocenters. The van der Waals surface area contributed by atoms with E-state index in [1.807, 2.05) is 34.4 Å². The maximum Gasteiger partial charge on any atom is 0.0476 e. The molecule has 12 aromatic rings. The van der Waals surface area contributed by atoms with E-state index in [0.29, 0.717) is 0 Å². The second-order valence-electron chi connectivity index (χ2n) is 15.7. The van der Waals surface area contributed by atoms with Gasteiger partial charge in [0.15, 0.2) is 0 Å². The number of fused-ring (bicyclic) bond motifs is 10. The molecule has 2 nitrogen and oxygen atoms in total. The second kappa shape index (κ2) is 13.8. The van der Waals surface area contributed by atoms with Crippen molar-refractivity contribution in [3.05, 3.63) is 206 Å². The first-order valence-electron chi connectivity index (χ1n) is 20.6. The lowest BCUT2D eigenvalue weighted by Gasteiger charge is -2.28. The van der Waals surface area contributed by atoms with Gasteiger partial charge in [-0.05, 0) is 124 Å². The third-order valence-electron chi connectivity index (χ3n) is 12.2. The van der Waals surface area contributed by atoms with Gasteiger partial charge in [0.05, 0.1) is 0 Å². The summed E-state index contributed by atoms with van der Waals surface area (Å²) >= 11 is 5.61. The summed E-state index contributed by atoms with van der Waals surface area (Å²) in [6.45, 7) is 0. The Morgan fingerprint density at radius 2 is 0.787 bits per heavy atom. The molecule has 0 aliphatic carbocycles. The van der Waals surface area contributed by atoms with Crippen molar-refractivity contribution in [1.82, 2.24) is 0 Å². The number of anilines is 6. The molecule has 3 heterocycles. The summed E-state index contributed by atoms with van der Waals surface area (Å²) in [5, 5.41) is 10.4. The molecule has 61 heavy (non-hydrogen) atoms. The van der Waals surface area contributed by atoms with Gasteiger partial charge in [0, 0.05) is 89.6 Å². The predicted octanol–water partition coefficient (Wildman–Crippen LogP) is 17.8. The van der Waals surface area contributed by atoms with E-state index in [4.69, 9.17) is 0 Å². The van der Waals surface area contributed by atoms with Crippen molar-refractivity contribution >= 4 is 130 Å². The highest BCUT2D eigenvalue weighted by Crippen LogP contribution is 2.52. The molecular weight excluding hydrogens is 797 g/mol. The van der Waals surface area contributed by atoms with E-state index >= 15 is 0 Å². The summed E-state index contributed by atoms with van der Waals surface area (Å²) in [5.41, 5.74) is 9.44. The molecule has 286 valence electrons. The fraction of sp³-hybridized carbons (Fsp3) is 0. The van der Waals surface area contributed by atoms with Crippen molar-refractivity contribution in [2.45, 2.75) is 9.79 Å². The zero-order chi connectivity index (χ0) is 40.0. The Kier molecular flexibility index (Phi) is 7.92. The zero-order valence-corrected chi connectivity index (χ0v) is 35.2. The van der Waals surface area contributed by atoms with Gasteiger partial charge in [0.2, 0.25) is 0 Å². The summed E-state index contributed by atoms with van der Waals surface area (Å²) in [6.07, 6.45) is 0. The third kappa shape index (κ3) is 5.62. The first kappa shape index (κ1) is 34.9. The summed E-state index contributed by atoms with van der Waals surface area (Å²) in [7, 11) is 0. The number of para-hydroxylation sites is 2. The van der Waals surface area contributed by atoms with E-state index in [9.17, 15) is 0 Å². The largest absolute Gasteiger partial charge is 0.310 e. The lowest BCUT2D eigenvalue weighted by molar-refractivity contribution is 1.26. The van der Waals surface area contributed by atoms with Crippen LogP contribution >= 0.6 is 34.4 Å². The summed E-state index contributed by atoms with van der Waals surface area (Å²) in [6, 6.07) is 76.2. The van der Waals surface area contributed by atoms with Crippen molar-refractivity contribution in [3.8, 4) is 11.1 Å². The molecule has 1 aliphatic rings. The lowest BCUT2D eigenvalue weighted by Crippen LogP contribution is -2.10. The van der Waals surface area contributed by atoms with Crippen LogP contribution in [0, 0.1) is 0 Å². The zero-order valence-electron chi connectivity index (χ0n) is 32.7. The van der Waals surface area contributed by atoms with E-state index in [-0.39, 0.29) is 0 Å². The van der Waals surface area contributed by atoms with E-state index in [0.717, 1.165) is 34.1 Å². The van der Waals surface area contributed by atoms with Crippen LogP contribution in [0.3, 0.4) is 0 Å². The third-order valence-corrected chi connectivity index (χ3v) is 15.6. The van der Waals surface area contributed by atoms with Gasteiger partial charge in [-0.15, -0.1) is 22.7 Å². The van der Waals surface area contributed by atoms with Gasteiger partial charge in [-0.3, -0.25) is 0 Å². The van der Waals surface area contributed by atoms with E-state index in [2.05, 4.69) is 216 Å². The molecule has 5 heteroatoms. The van der Waals surface area contributed by atoms with Gasteiger partial charge in [0.1, 0.15) is 0 Å². The van der Waals surface area contributed by atoms with Crippen molar-refractivity contribution in [1.29, 1.82) is 0 Å². The van der Waals surface area contributed by atoms with Crippen molar-refractivity contribution < 1.29 is 0 Å². The standard InChI is InChI=1S/C56H34N2S3/c1-3-12-36(13-4-1)57(39-24-27-44-42-16-7-9-19-50(42)59-53(44)32-39)38-23-22-35-30-49-46-29-26-41(34-55(46)61-52-21-11-18-47(56(49)52)48(35)31-38)58(37-14-5-2-6-15-37)40-25-28-45-43-17-8-10-20-51(43)60-54(45)33-40/h1-34H. The van der Waals surface area contributed by atoms with Crippen molar-refractivity contribution in [3.63, 3.8) is 0 Å². The molecule has 0 N–H and O–H groups in total. The summed E-state index contributed by atoms with van der Waals surface area (Å²) in [5.74, 6) is 0. The van der Waals surface area contributed by atoms with Crippen molar-refractivity contribution in [2.75, 3.05) is 9.80 Å². The van der Waals surface area contributed by atoms with Gasteiger partial charge in [-0.25, -0.2) is 0 Å². The molecule has 1 aliphatic heterocycles. The highest BCUT2D eigenvalue weighted by atomic mass is 32.2. The average Bonchev–Trinajstić information content (AvgIpc) is 3.88. The highest BCUT2D eigenvalue weighted by molar-refractivity contribution is 7.99. The Labute approximate surface area is 365 Å². The molecule has 0 saturated carbocycles. The molecule has 2 aromatic heterocycles. The monoisotopic (exact) mass is 830 g/mol. The summed E-state index contributed by atoms with van der Waals surface area (Å²) < 4.78 is 5.23. The smallest absolute Gasteiger partial charge is 0.0476 e. The quantitative estimate of drug-likeness (QED) is 0.154. The van der Waals surface area contributed by atoms with Crippen LogP contribution in [-0.4, -0.2) is 0 Å². The number of benzene rings is 10. The maximum absolute atomic E-state index is 2.42. The molecule has 0 saturated heterocycles. The molecule has 0 unspecified atom stereocenters. The minimum Gasteiger partial charge on any atom is -0.310 e. The molecule has 0 bridgehead atoms. The second-order valence-corrected chi connectivity index (χ2v) is 18.9. The molecule has 13 rings (SSSR count). The summed E-state index contributed by atoms with van der Waals surface area (Å²) in [4.78, 5) is 7.36. The lowest BCUT2D eigenvalue weighted by atomic mass is 9.92. The van der Waals surface area contributed by atoms with Crippen LogP contribution in [-0.2, 0) is 0 Å². The normalized spacial score (nSPS) is 12.2. The molecule has 0 radical (unpaired) electrons. The SMILES string of the molecule is c1ccc(N(c2ccc3c(c2)Sc2cccc4c2c-3cc2ccc(N(c3ccccc3)c3ccc5c(c3)sc3ccccc35)cc24)c2ccc3c(c2)sc2ccccc23)cc1. The first-order valence-corrected chi connectivity index (χ1v) is 23.0. The maximum atomic E-state index is 2.42. The molecular formula is C56H34N2S3. The fourth-order valence-electron chi connectivity index (χ4n) is 9.43. The van der Waals surface area contributed by atoms with E-state index in [1.54, 1.807) is 0 Å². The van der Waals surface area contributed by atoms with Crippen LogP contribution in [0.25, 0.3) is 73.0 Å². The first-order chi connectivity index (χ1) is 30.2. The minimum atomic E-state index is 1.14. The van der Waals surface area contributed by atoms with Crippen LogP contribution in [0.1, 0.15) is 0 Å². The highest BCUT2D eigenvalue weighted by Gasteiger charge is 2.24. The molecule has 0 amide bonds. The van der Waals surface area contributed by atoms with E-state index < -0.39 is 0 Å². The topological polar surface area (TPSA) is 6.48 Å².